The molecule has 0 unspecified atom stereocenters. The summed E-state index contributed by atoms with van der Waals surface area (Å²) in [4.78, 5) is 9.40. The number of hydrogen-bond donors (Lipinski definition) is 1. The van der Waals surface area contributed by atoms with E-state index in [-0.39, 0.29) is 0 Å². The third kappa shape index (κ3) is 3.66. The largest absolute Gasteiger partial charge is 0.411 e. The van der Waals surface area contributed by atoms with E-state index in [0.717, 1.165) is 5.56 Å². The summed E-state index contributed by atoms with van der Waals surface area (Å²) in [6.07, 6.45) is 0. The summed E-state index contributed by atoms with van der Waals surface area (Å²) in [5.41, 5.74) is 1.10. The highest BCUT2D eigenvalue weighted by Gasteiger charge is 2.17. The van der Waals surface area contributed by atoms with E-state index in [4.69, 9.17) is 4.43 Å². The molecule has 0 radical (unpaired) electrons. The summed E-state index contributed by atoms with van der Waals surface area (Å²) in [5, 5.41) is 0. The van der Waals surface area contributed by atoms with Gasteiger partial charge < -0.3 is 9.22 Å². The molecule has 66 valence electrons. The molecule has 0 aliphatic rings. The van der Waals surface area contributed by atoms with Gasteiger partial charge in [0, 0.05) is 0 Å². The van der Waals surface area contributed by atoms with Crippen LogP contribution in [0.2, 0.25) is 13.1 Å². The quantitative estimate of drug-likeness (QED) is 0.723. The van der Waals surface area contributed by atoms with Gasteiger partial charge in [0.15, 0.2) is 0 Å². The average molecular weight is 182 g/mol. The van der Waals surface area contributed by atoms with Crippen molar-refractivity contribution in [2.24, 2.45) is 0 Å². The van der Waals surface area contributed by atoms with Crippen LogP contribution in [0, 0.1) is 0 Å². The lowest BCUT2D eigenvalue weighted by atomic mass is 10.2. The van der Waals surface area contributed by atoms with Crippen molar-refractivity contribution in [2.75, 3.05) is 0 Å². The highest BCUT2D eigenvalue weighted by Crippen LogP contribution is 2.05. The van der Waals surface area contributed by atoms with Gasteiger partial charge in [0.1, 0.15) is 0 Å². The predicted octanol–water partition coefficient (Wildman–Crippen LogP) is 1.90. The molecule has 0 amide bonds. The van der Waals surface area contributed by atoms with Crippen molar-refractivity contribution >= 4 is 8.56 Å². The van der Waals surface area contributed by atoms with E-state index in [0.29, 0.717) is 6.61 Å². The molecule has 0 aliphatic carbocycles. The maximum Gasteiger partial charge on any atom is 0.329 e. The van der Waals surface area contributed by atoms with E-state index in [1.807, 2.05) is 30.3 Å². The van der Waals surface area contributed by atoms with Gasteiger partial charge in [-0.25, -0.2) is 0 Å². The lowest BCUT2D eigenvalue weighted by Gasteiger charge is -2.14. The van der Waals surface area contributed by atoms with Crippen LogP contribution >= 0.6 is 0 Å². The van der Waals surface area contributed by atoms with Gasteiger partial charge in [0.2, 0.25) is 0 Å². The van der Waals surface area contributed by atoms with E-state index in [1.165, 1.54) is 0 Å². The Morgan fingerprint density at radius 3 is 2.33 bits per heavy atom. The van der Waals surface area contributed by atoms with Gasteiger partial charge in [-0.2, -0.15) is 0 Å². The van der Waals surface area contributed by atoms with Crippen molar-refractivity contribution in [3.8, 4) is 0 Å². The second-order valence-electron chi connectivity index (χ2n) is 3.22. The van der Waals surface area contributed by atoms with Crippen molar-refractivity contribution in [3.63, 3.8) is 0 Å². The normalized spacial score (nSPS) is 11.6. The van der Waals surface area contributed by atoms with Gasteiger partial charge in [-0.05, 0) is 18.7 Å². The molecule has 0 saturated carbocycles. The van der Waals surface area contributed by atoms with Crippen molar-refractivity contribution in [1.29, 1.82) is 0 Å². The monoisotopic (exact) mass is 182 g/mol. The van der Waals surface area contributed by atoms with Crippen LogP contribution in [0.15, 0.2) is 30.3 Å². The smallest absolute Gasteiger partial charge is 0.329 e. The lowest BCUT2D eigenvalue weighted by molar-refractivity contribution is 0.231. The van der Waals surface area contributed by atoms with Gasteiger partial charge in [-0.3, -0.25) is 0 Å². The molecule has 1 N–H and O–H groups in total. The molecule has 0 fully saturated rings. The van der Waals surface area contributed by atoms with Gasteiger partial charge in [-0.15, -0.1) is 0 Å². The Morgan fingerprint density at radius 1 is 1.25 bits per heavy atom. The van der Waals surface area contributed by atoms with E-state index >= 15 is 0 Å². The van der Waals surface area contributed by atoms with Crippen LogP contribution in [0.4, 0.5) is 0 Å². The molecule has 0 heterocycles. The van der Waals surface area contributed by atoms with Gasteiger partial charge in [0.25, 0.3) is 0 Å². The van der Waals surface area contributed by atoms with E-state index < -0.39 is 8.56 Å². The summed E-state index contributed by atoms with van der Waals surface area (Å²) < 4.78 is 5.31. The van der Waals surface area contributed by atoms with Crippen molar-refractivity contribution < 1.29 is 9.22 Å². The second kappa shape index (κ2) is 3.84. The Bertz CT molecular complexity index is 228. The summed E-state index contributed by atoms with van der Waals surface area (Å²) in [6.45, 7) is 4.03. The van der Waals surface area contributed by atoms with E-state index in [1.54, 1.807) is 13.1 Å². The second-order valence-corrected chi connectivity index (χ2v) is 6.40. The Kier molecular flexibility index (Phi) is 3.03. The third-order valence-electron chi connectivity index (χ3n) is 1.43. The van der Waals surface area contributed by atoms with Crippen LogP contribution < -0.4 is 0 Å². The highest BCUT2D eigenvalue weighted by molar-refractivity contribution is 6.63. The van der Waals surface area contributed by atoms with Crippen LogP contribution in [-0.2, 0) is 11.0 Å². The van der Waals surface area contributed by atoms with Gasteiger partial charge >= 0.3 is 8.56 Å². The molecule has 1 rings (SSSR count). The first-order valence-electron chi connectivity index (χ1n) is 3.98. The lowest BCUT2D eigenvalue weighted by Crippen LogP contribution is -2.29. The van der Waals surface area contributed by atoms with Crippen LogP contribution in [0.1, 0.15) is 5.56 Å². The van der Waals surface area contributed by atoms with E-state index in [2.05, 4.69) is 0 Å². The summed E-state index contributed by atoms with van der Waals surface area (Å²) in [7, 11) is -2.34. The minimum atomic E-state index is -2.34. The molecule has 0 aromatic heterocycles. The maximum atomic E-state index is 9.40. The fourth-order valence-electron chi connectivity index (χ4n) is 0.834. The number of rotatable bonds is 3. The Hall–Kier alpha value is -0.643. The molecule has 3 heteroatoms. The summed E-state index contributed by atoms with van der Waals surface area (Å²) in [5.74, 6) is 0. The average Bonchev–Trinajstić information content (AvgIpc) is 2.02. The molecular weight excluding hydrogens is 168 g/mol. The van der Waals surface area contributed by atoms with Crippen molar-refractivity contribution in [2.45, 2.75) is 19.7 Å². The highest BCUT2D eigenvalue weighted by atomic mass is 28.4. The van der Waals surface area contributed by atoms with Crippen LogP contribution in [0.25, 0.3) is 0 Å². The third-order valence-corrected chi connectivity index (χ3v) is 2.29. The van der Waals surface area contributed by atoms with Crippen LogP contribution in [-0.4, -0.2) is 13.4 Å². The van der Waals surface area contributed by atoms with Crippen molar-refractivity contribution in [3.05, 3.63) is 35.9 Å². The minimum Gasteiger partial charge on any atom is -0.411 e. The van der Waals surface area contributed by atoms with E-state index in [9.17, 15) is 4.80 Å². The molecule has 0 aliphatic heterocycles. The Morgan fingerprint density at radius 2 is 1.83 bits per heavy atom. The molecule has 0 atom stereocenters. The Balaban J connectivity index is 2.44. The molecule has 1 aromatic rings. The molecule has 12 heavy (non-hydrogen) atoms. The molecular formula is C9H14O2Si. The fraction of sp³-hybridized carbons (Fsp3) is 0.333. The zero-order valence-corrected chi connectivity index (χ0v) is 8.45. The zero-order chi connectivity index (χ0) is 9.03. The Labute approximate surface area is 74.1 Å². The number of benzene rings is 1. The standard InChI is InChI=1S/C9H14O2Si/c1-12(2,10)11-8-9-6-4-3-5-7-9/h3-7,10H,8H2,1-2H3. The first-order chi connectivity index (χ1) is 5.58. The molecule has 0 saturated heterocycles. The van der Waals surface area contributed by atoms with Gasteiger partial charge in [-0.1, -0.05) is 30.3 Å². The fourth-order valence-corrected chi connectivity index (χ4v) is 1.35. The predicted molar refractivity (Wildman–Crippen MR) is 50.9 cm³/mol. The molecule has 2 nitrogen and oxygen atoms in total. The topological polar surface area (TPSA) is 29.5 Å². The number of hydrogen-bond acceptors (Lipinski definition) is 2. The van der Waals surface area contributed by atoms with Crippen molar-refractivity contribution in [1.82, 2.24) is 0 Å². The SMILES string of the molecule is C[Si](C)(O)OCc1ccccc1. The first-order valence-corrected chi connectivity index (χ1v) is 6.84. The molecule has 0 bridgehead atoms. The summed E-state index contributed by atoms with van der Waals surface area (Å²) >= 11 is 0. The zero-order valence-electron chi connectivity index (χ0n) is 7.45. The van der Waals surface area contributed by atoms with Crippen LogP contribution in [0.3, 0.4) is 0 Å². The first kappa shape index (κ1) is 9.44. The minimum absolute atomic E-state index is 0.510. The van der Waals surface area contributed by atoms with Gasteiger partial charge in [0.05, 0.1) is 6.61 Å². The molecule has 0 spiro atoms. The summed E-state index contributed by atoms with van der Waals surface area (Å²) in [6, 6.07) is 9.86. The molecule has 1 aromatic carbocycles. The maximum absolute atomic E-state index is 9.40. The van der Waals surface area contributed by atoms with Crippen LogP contribution in [0.5, 0.6) is 0 Å².